The molecule has 1 heterocycles. The first kappa shape index (κ1) is 11.9. The molecule has 0 atom stereocenters. The second-order valence-corrected chi connectivity index (χ2v) is 4.67. The lowest BCUT2D eigenvalue weighted by Gasteiger charge is -2.01. The number of hydrogen-bond acceptors (Lipinski definition) is 2. The van der Waals surface area contributed by atoms with Crippen LogP contribution in [0.2, 0.25) is 0 Å². The van der Waals surface area contributed by atoms with E-state index in [9.17, 15) is 4.79 Å². The van der Waals surface area contributed by atoms with Crippen LogP contribution in [0.25, 0.3) is 0 Å². The Morgan fingerprint density at radius 3 is 2.76 bits per heavy atom. The summed E-state index contributed by atoms with van der Waals surface area (Å²) in [6.07, 6.45) is 0. The van der Waals surface area contributed by atoms with Gasteiger partial charge in [-0.05, 0) is 25.1 Å². The molecule has 0 saturated carbocycles. The Morgan fingerprint density at radius 2 is 2.18 bits per heavy atom. The molecule has 0 radical (unpaired) electrons. The van der Waals surface area contributed by atoms with Crippen LogP contribution in [0.3, 0.4) is 0 Å². The summed E-state index contributed by atoms with van der Waals surface area (Å²) in [4.78, 5) is 11.9. The monoisotopic (exact) mass is 293 g/mol. The largest absolute Gasteiger partial charge is 0.305 e. The molecule has 2 rings (SSSR count). The van der Waals surface area contributed by atoms with Crippen molar-refractivity contribution in [1.82, 2.24) is 9.78 Å². The van der Waals surface area contributed by atoms with Gasteiger partial charge in [-0.15, -0.1) is 0 Å². The zero-order valence-electron chi connectivity index (χ0n) is 9.57. The highest BCUT2D eigenvalue weighted by Gasteiger charge is 2.08. The van der Waals surface area contributed by atoms with Crippen LogP contribution >= 0.6 is 15.9 Å². The topological polar surface area (TPSA) is 46.9 Å². The number of benzene rings is 1. The van der Waals surface area contributed by atoms with Crippen molar-refractivity contribution in [2.45, 2.75) is 6.92 Å². The fourth-order valence-corrected chi connectivity index (χ4v) is 1.84. The SMILES string of the molecule is Cc1cc(NC(=O)c2cccc(Br)c2)nn1C. The first-order valence-electron chi connectivity index (χ1n) is 5.14. The summed E-state index contributed by atoms with van der Waals surface area (Å²) < 4.78 is 2.60. The van der Waals surface area contributed by atoms with E-state index in [-0.39, 0.29) is 5.91 Å². The summed E-state index contributed by atoms with van der Waals surface area (Å²) in [6.45, 7) is 1.93. The number of aryl methyl sites for hydroxylation is 2. The van der Waals surface area contributed by atoms with E-state index >= 15 is 0 Å². The van der Waals surface area contributed by atoms with Gasteiger partial charge in [-0.25, -0.2) is 0 Å². The average molecular weight is 294 g/mol. The van der Waals surface area contributed by atoms with Crippen LogP contribution in [0, 0.1) is 6.92 Å². The van der Waals surface area contributed by atoms with Crippen LogP contribution in [0.1, 0.15) is 16.1 Å². The van der Waals surface area contributed by atoms with Crippen molar-refractivity contribution in [3.8, 4) is 0 Å². The Kier molecular flexibility index (Phi) is 3.28. The maximum Gasteiger partial charge on any atom is 0.256 e. The molecule has 0 aliphatic heterocycles. The van der Waals surface area contributed by atoms with Gasteiger partial charge in [0.25, 0.3) is 5.91 Å². The molecule has 0 aliphatic rings. The smallest absolute Gasteiger partial charge is 0.256 e. The number of anilines is 1. The molecule has 88 valence electrons. The molecular weight excluding hydrogens is 282 g/mol. The summed E-state index contributed by atoms with van der Waals surface area (Å²) in [5.41, 5.74) is 1.59. The van der Waals surface area contributed by atoms with Gasteiger partial charge in [0.15, 0.2) is 5.82 Å². The van der Waals surface area contributed by atoms with Crippen LogP contribution in [-0.2, 0) is 7.05 Å². The lowest BCUT2D eigenvalue weighted by molar-refractivity contribution is 0.102. The molecule has 5 heteroatoms. The number of nitrogens with zero attached hydrogens (tertiary/aromatic N) is 2. The number of nitrogens with one attached hydrogen (secondary N) is 1. The normalized spacial score (nSPS) is 10.3. The Hall–Kier alpha value is -1.62. The summed E-state index contributed by atoms with van der Waals surface area (Å²) in [6, 6.07) is 9.06. The fourth-order valence-electron chi connectivity index (χ4n) is 1.44. The average Bonchev–Trinajstić information content (AvgIpc) is 2.58. The van der Waals surface area contributed by atoms with Gasteiger partial charge in [0.2, 0.25) is 0 Å². The zero-order chi connectivity index (χ0) is 12.4. The second-order valence-electron chi connectivity index (χ2n) is 3.76. The predicted molar refractivity (Wildman–Crippen MR) is 70.0 cm³/mol. The molecule has 0 fully saturated rings. The number of amides is 1. The van der Waals surface area contributed by atoms with Crippen molar-refractivity contribution in [2.75, 3.05) is 5.32 Å². The minimum atomic E-state index is -0.163. The molecule has 0 spiro atoms. The van der Waals surface area contributed by atoms with Crippen molar-refractivity contribution in [3.63, 3.8) is 0 Å². The molecule has 0 aliphatic carbocycles. The van der Waals surface area contributed by atoms with Crippen LogP contribution < -0.4 is 5.32 Å². The van der Waals surface area contributed by atoms with Gasteiger partial charge in [0, 0.05) is 28.8 Å². The molecular formula is C12H12BrN3O. The molecule has 1 amide bonds. The number of carbonyl (C=O) groups excluding carboxylic acids is 1. The second kappa shape index (κ2) is 4.71. The highest BCUT2D eigenvalue weighted by molar-refractivity contribution is 9.10. The number of aromatic nitrogens is 2. The molecule has 2 aromatic rings. The number of rotatable bonds is 2. The number of carbonyl (C=O) groups is 1. The third-order valence-electron chi connectivity index (χ3n) is 2.44. The Balaban J connectivity index is 2.17. The van der Waals surface area contributed by atoms with Gasteiger partial charge >= 0.3 is 0 Å². The number of halogens is 1. The van der Waals surface area contributed by atoms with Crippen molar-refractivity contribution >= 4 is 27.7 Å². The molecule has 0 bridgehead atoms. The molecule has 17 heavy (non-hydrogen) atoms. The van der Waals surface area contributed by atoms with Gasteiger partial charge in [-0.2, -0.15) is 5.10 Å². The molecule has 0 saturated heterocycles. The molecule has 1 aromatic carbocycles. The van der Waals surface area contributed by atoms with Crippen molar-refractivity contribution < 1.29 is 4.79 Å². The zero-order valence-corrected chi connectivity index (χ0v) is 11.2. The fraction of sp³-hybridized carbons (Fsp3) is 0.167. The van der Waals surface area contributed by atoms with Gasteiger partial charge in [0.05, 0.1) is 0 Å². The summed E-state index contributed by atoms with van der Waals surface area (Å²) in [5, 5.41) is 6.93. The van der Waals surface area contributed by atoms with Crippen molar-refractivity contribution in [2.24, 2.45) is 7.05 Å². The Morgan fingerprint density at radius 1 is 1.41 bits per heavy atom. The maximum atomic E-state index is 11.9. The number of hydrogen-bond donors (Lipinski definition) is 1. The highest BCUT2D eigenvalue weighted by Crippen LogP contribution is 2.14. The van der Waals surface area contributed by atoms with Gasteiger partial charge in [-0.3, -0.25) is 9.48 Å². The molecule has 0 unspecified atom stereocenters. The quantitative estimate of drug-likeness (QED) is 0.925. The summed E-state index contributed by atoms with van der Waals surface area (Å²) >= 11 is 3.33. The first-order chi connectivity index (χ1) is 8.06. The molecule has 1 N–H and O–H groups in total. The molecule has 4 nitrogen and oxygen atoms in total. The van der Waals surface area contributed by atoms with Crippen LogP contribution in [0.4, 0.5) is 5.82 Å². The first-order valence-corrected chi connectivity index (χ1v) is 5.93. The summed E-state index contributed by atoms with van der Waals surface area (Å²) in [7, 11) is 1.84. The van der Waals surface area contributed by atoms with E-state index < -0.39 is 0 Å². The maximum absolute atomic E-state index is 11.9. The van der Waals surface area contributed by atoms with E-state index in [1.54, 1.807) is 16.8 Å². The lowest BCUT2D eigenvalue weighted by atomic mass is 10.2. The van der Waals surface area contributed by atoms with Gasteiger partial charge in [0.1, 0.15) is 0 Å². The highest BCUT2D eigenvalue weighted by atomic mass is 79.9. The minimum Gasteiger partial charge on any atom is -0.305 e. The minimum absolute atomic E-state index is 0.163. The van der Waals surface area contributed by atoms with E-state index in [1.165, 1.54) is 0 Å². The molecule has 1 aromatic heterocycles. The van der Waals surface area contributed by atoms with E-state index in [0.29, 0.717) is 11.4 Å². The third kappa shape index (κ3) is 2.74. The predicted octanol–water partition coefficient (Wildman–Crippen LogP) is 2.74. The standard InChI is InChI=1S/C12H12BrN3O/c1-8-6-11(15-16(8)2)14-12(17)9-4-3-5-10(13)7-9/h3-7H,1-2H3,(H,14,15,17). The van der Waals surface area contributed by atoms with Crippen LogP contribution in [0.15, 0.2) is 34.8 Å². The summed E-state index contributed by atoms with van der Waals surface area (Å²) in [5.74, 6) is 0.402. The Bertz CT molecular complexity index is 543. The van der Waals surface area contributed by atoms with E-state index in [4.69, 9.17) is 0 Å². The van der Waals surface area contributed by atoms with E-state index in [1.807, 2.05) is 32.2 Å². The van der Waals surface area contributed by atoms with Crippen molar-refractivity contribution in [3.05, 3.63) is 46.1 Å². The van der Waals surface area contributed by atoms with Gasteiger partial charge < -0.3 is 5.32 Å². The third-order valence-corrected chi connectivity index (χ3v) is 2.94. The Labute approximate surface area is 108 Å². The van der Waals surface area contributed by atoms with Crippen LogP contribution in [0.5, 0.6) is 0 Å². The lowest BCUT2D eigenvalue weighted by Crippen LogP contribution is -2.12. The van der Waals surface area contributed by atoms with Crippen LogP contribution in [-0.4, -0.2) is 15.7 Å². The van der Waals surface area contributed by atoms with E-state index in [2.05, 4.69) is 26.3 Å². The van der Waals surface area contributed by atoms with Gasteiger partial charge in [-0.1, -0.05) is 22.0 Å². The van der Waals surface area contributed by atoms with Crippen molar-refractivity contribution in [1.29, 1.82) is 0 Å². The van der Waals surface area contributed by atoms with E-state index in [0.717, 1.165) is 10.2 Å².